The molecule has 3 rings (SSSR count). The monoisotopic (exact) mass is 414 g/mol. The molecule has 0 fully saturated rings. The van der Waals surface area contributed by atoms with E-state index < -0.39 is 17.2 Å². The number of benzene rings is 2. The summed E-state index contributed by atoms with van der Waals surface area (Å²) in [5.41, 5.74) is 2.40. The van der Waals surface area contributed by atoms with E-state index in [1.54, 1.807) is 61.5 Å². The highest BCUT2D eigenvalue weighted by molar-refractivity contribution is 7.81. The summed E-state index contributed by atoms with van der Waals surface area (Å²) < 4.78 is 25.0. The topological polar surface area (TPSA) is 97.7 Å². The maximum atomic E-state index is 12.0. The molecule has 0 aliphatic carbocycles. The van der Waals surface area contributed by atoms with Crippen molar-refractivity contribution in [2.24, 2.45) is 0 Å². The van der Waals surface area contributed by atoms with E-state index >= 15 is 0 Å². The highest BCUT2D eigenvalue weighted by Crippen LogP contribution is 2.41. The summed E-state index contributed by atoms with van der Waals surface area (Å²) in [7, 11) is 0. The van der Waals surface area contributed by atoms with Crippen molar-refractivity contribution in [2.45, 2.75) is 13.8 Å². The number of aromatic carboxylic acids is 1. The third kappa shape index (κ3) is 3.89. The number of hydrogen-bond acceptors (Lipinski definition) is 5. The molecule has 1 aromatic heterocycles. The maximum Gasteiger partial charge on any atom is 0.348 e. The van der Waals surface area contributed by atoms with Gasteiger partial charge in [0.15, 0.2) is 5.78 Å². The van der Waals surface area contributed by atoms with Gasteiger partial charge in [0.05, 0.1) is 22.6 Å². The van der Waals surface area contributed by atoms with Crippen molar-refractivity contribution in [3.8, 4) is 10.4 Å². The smallest absolute Gasteiger partial charge is 0.348 e. The van der Waals surface area contributed by atoms with Gasteiger partial charge in [-0.2, -0.15) is 0 Å². The van der Waals surface area contributed by atoms with Crippen LogP contribution in [0.4, 0.5) is 11.4 Å². The number of para-hydroxylation sites is 1. The number of hydrogen-bond donors (Lipinski definition) is 1. The Kier molecular flexibility index (Phi) is 5.73. The van der Waals surface area contributed by atoms with Gasteiger partial charge in [-0.15, -0.1) is 11.3 Å². The normalized spacial score (nSPS) is 11.8. The third-order valence-electron chi connectivity index (χ3n) is 4.18. The number of ketones is 1. The second kappa shape index (κ2) is 8.05. The van der Waals surface area contributed by atoms with E-state index in [1.807, 2.05) is 0 Å². The third-order valence-corrected chi connectivity index (χ3v) is 6.04. The van der Waals surface area contributed by atoms with Gasteiger partial charge in [0.25, 0.3) is 0 Å². The number of carbonyl (C=O) groups excluding carboxylic acids is 1. The minimum absolute atomic E-state index is 0.0721. The highest BCUT2D eigenvalue weighted by Gasteiger charge is 2.24. The van der Waals surface area contributed by atoms with Crippen molar-refractivity contribution in [1.29, 1.82) is 0 Å². The molecule has 0 aliphatic heterocycles. The van der Waals surface area contributed by atoms with Crippen LogP contribution in [0.1, 0.15) is 32.5 Å². The molecule has 1 N–H and O–H groups in total. The predicted molar refractivity (Wildman–Crippen MR) is 109 cm³/mol. The number of carboxylic acids is 1. The van der Waals surface area contributed by atoms with Crippen LogP contribution in [0.3, 0.4) is 0 Å². The lowest BCUT2D eigenvalue weighted by Crippen LogP contribution is -2.21. The van der Waals surface area contributed by atoms with Gasteiger partial charge in [-0.05, 0) is 37.1 Å². The number of carbonyl (C=O) groups is 2. The molecule has 2 aromatic carbocycles. The Morgan fingerprint density at radius 2 is 1.71 bits per heavy atom. The van der Waals surface area contributed by atoms with E-state index in [4.69, 9.17) is 0 Å². The minimum atomic E-state index is -2.71. The SMILES string of the molecule is CC(=O)c1ccc(-c2cc(N(c3ccccc3C)S(=O)[O-])c(C(=O)O)s2)cc1. The number of nitrogens with zero attached hydrogens (tertiary/aromatic N) is 1. The van der Waals surface area contributed by atoms with Crippen LogP contribution in [0, 0.1) is 6.92 Å². The van der Waals surface area contributed by atoms with E-state index in [0.717, 1.165) is 15.6 Å². The van der Waals surface area contributed by atoms with E-state index in [2.05, 4.69) is 0 Å². The first-order valence-corrected chi connectivity index (χ1v) is 10.1. The first-order chi connectivity index (χ1) is 13.3. The van der Waals surface area contributed by atoms with E-state index in [1.165, 1.54) is 6.92 Å². The van der Waals surface area contributed by atoms with Crippen LogP contribution in [0.15, 0.2) is 54.6 Å². The molecule has 3 aromatic rings. The number of thiophene rings is 1. The van der Waals surface area contributed by atoms with E-state index in [-0.39, 0.29) is 16.3 Å². The Labute approximate surface area is 168 Å². The molecule has 1 atom stereocenters. The summed E-state index contributed by atoms with van der Waals surface area (Å²) in [5, 5.41) is 9.63. The lowest BCUT2D eigenvalue weighted by molar-refractivity contribution is 0.0702. The minimum Gasteiger partial charge on any atom is -0.755 e. The summed E-state index contributed by atoms with van der Waals surface area (Å²) in [6.45, 7) is 3.22. The Balaban J connectivity index is 2.14. The first-order valence-electron chi connectivity index (χ1n) is 8.23. The molecule has 0 radical (unpaired) electrons. The van der Waals surface area contributed by atoms with Crippen LogP contribution in [0.25, 0.3) is 10.4 Å². The average molecular weight is 414 g/mol. The second-order valence-corrected chi connectivity index (χ2v) is 7.91. The number of carboxylic acid groups (broad SMARTS) is 1. The summed E-state index contributed by atoms with van der Waals surface area (Å²) in [6.07, 6.45) is 0. The zero-order valence-electron chi connectivity index (χ0n) is 15.0. The summed E-state index contributed by atoms with van der Waals surface area (Å²) in [5.74, 6) is -1.28. The fourth-order valence-corrected chi connectivity index (χ4v) is 4.49. The van der Waals surface area contributed by atoms with Crippen molar-refractivity contribution in [2.75, 3.05) is 4.31 Å². The zero-order valence-corrected chi connectivity index (χ0v) is 16.7. The molecule has 144 valence electrons. The quantitative estimate of drug-likeness (QED) is 0.471. The Morgan fingerprint density at radius 1 is 1.07 bits per heavy atom. The predicted octanol–water partition coefficient (Wildman–Crippen LogP) is 4.56. The number of aryl methyl sites for hydroxylation is 1. The van der Waals surface area contributed by atoms with Gasteiger partial charge in [0.2, 0.25) is 0 Å². The zero-order chi connectivity index (χ0) is 20.4. The number of anilines is 2. The molecule has 0 saturated carbocycles. The van der Waals surface area contributed by atoms with Gasteiger partial charge >= 0.3 is 5.97 Å². The Bertz CT molecular complexity index is 1070. The fourth-order valence-electron chi connectivity index (χ4n) is 2.78. The Morgan fingerprint density at radius 3 is 2.25 bits per heavy atom. The van der Waals surface area contributed by atoms with Crippen LogP contribution in [-0.2, 0) is 11.3 Å². The standard InChI is InChI=1S/C20H17NO5S2/c1-12-5-3-4-6-16(12)21(28(25)26)17-11-18(27-19(17)20(23)24)15-9-7-14(8-10-15)13(2)22/h3-11H,1-2H3,(H,23,24)(H,25,26)/p-1. The van der Waals surface area contributed by atoms with Crippen molar-refractivity contribution in [3.63, 3.8) is 0 Å². The molecule has 8 heteroatoms. The van der Waals surface area contributed by atoms with E-state index in [0.29, 0.717) is 27.3 Å². The molecule has 0 spiro atoms. The molecular formula is C20H16NO5S2-. The van der Waals surface area contributed by atoms with Gasteiger partial charge in [-0.25, -0.2) is 4.79 Å². The summed E-state index contributed by atoms with van der Waals surface area (Å²) in [4.78, 5) is 23.7. The molecular weight excluding hydrogens is 398 g/mol. The van der Waals surface area contributed by atoms with Crippen molar-refractivity contribution in [1.82, 2.24) is 0 Å². The second-order valence-electron chi connectivity index (χ2n) is 6.06. The number of Topliss-reactive ketones (excluding diaryl/α,β-unsaturated/α-hetero) is 1. The molecule has 1 heterocycles. The van der Waals surface area contributed by atoms with Crippen LogP contribution in [0.5, 0.6) is 0 Å². The molecule has 0 amide bonds. The van der Waals surface area contributed by atoms with Crippen LogP contribution >= 0.6 is 11.3 Å². The first kappa shape index (κ1) is 19.9. The lowest BCUT2D eigenvalue weighted by Gasteiger charge is -2.27. The van der Waals surface area contributed by atoms with E-state index in [9.17, 15) is 23.5 Å². The highest BCUT2D eigenvalue weighted by atomic mass is 32.2. The van der Waals surface area contributed by atoms with Crippen LogP contribution < -0.4 is 4.31 Å². The van der Waals surface area contributed by atoms with Crippen molar-refractivity contribution >= 4 is 45.7 Å². The number of rotatable bonds is 6. The van der Waals surface area contributed by atoms with Gasteiger partial charge in [-0.3, -0.25) is 13.3 Å². The molecule has 28 heavy (non-hydrogen) atoms. The molecule has 0 aliphatic rings. The summed E-state index contributed by atoms with van der Waals surface area (Å²) in [6, 6.07) is 15.1. The molecule has 0 saturated heterocycles. The van der Waals surface area contributed by atoms with Gasteiger partial charge < -0.3 is 9.66 Å². The lowest BCUT2D eigenvalue weighted by atomic mass is 10.1. The van der Waals surface area contributed by atoms with Gasteiger partial charge in [0, 0.05) is 10.4 Å². The van der Waals surface area contributed by atoms with Crippen molar-refractivity contribution in [3.05, 3.63) is 70.6 Å². The molecule has 0 bridgehead atoms. The molecule has 1 unspecified atom stereocenters. The van der Waals surface area contributed by atoms with Gasteiger partial charge in [-0.1, -0.05) is 42.5 Å². The average Bonchev–Trinajstić information content (AvgIpc) is 3.08. The van der Waals surface area contributed by atoms with Crippen LogP contribution in [-0.4, -0.2) is 25.6 Å². The largest absolute Gasteiger partial charge is 0.755 e. The molecule has 6 nitrogen and oxygen atoms in total. The van der Waals surface area contributed by atoms with Gasteiger partial charge in [0.1, 0.15) is 4.88 Å². The van der Waals surface area contributed by atoms with Crippen LogP contribution in [0.2, 0.25) is 0 Å². The fraction of sp³-hybridized carbons (Fsp3) is 0.100. The Hall–Kier alpha value is -2.81. The van der Waals surface area contributed by atoms with Crippen molar-refractivity contribution < 1.29 is 23.5 Å². The summed E-state index contributed by atoms with van der Waals surface area (Å²) >= 11 is -1.73. The maximum absolute atomic E-state index is 12.0.